The summed E-state index contributed by atoms with van der Waals surface area (Å²) < 4.78 is 40.5. The molecule has 2 aromatic rings. The van der Waals surface area contributed by atoms with Crippen LogP contribution in [0.2, 0.25) is 0 Å². The minimum absolute atomic E-state index is 0.0240. The van der Waals surface area contributed by atoms with Crippen LogP contribution in [0.25, 0.3) is 0 Å². The third kappa shape index (κ3) is 11.1. The van der Waals surface area contributed by atoms with Crippen LogP contribution in [0.1, 0.15) is 96.6 Å². The van der Waals surface area contributed by atoms with Crippen molar-refractivity contribution in [3.05, 3.63) is 45.5 Å². The Morgan fingerprint density at radius 2 is 1.49 bits per heavy atom. The van der Waals surface area contributed by atoms with Crippen molar-refractivity contribution in [3.63, 3.8) is 0 Å². The Kier molecular flexibility index (Phi) is 17.4. The maximum Gasteiger partial charge on any atom is 0.303 e. The standard InChI is InChI=1S/C37H54N2O10/c1-9-12-14-20-47-33-24-28(34(48-21-15-13-10-2)36(46-8)35(33)45-7)37(11-3,25-38)19-18-30(49-26(4)40)29(39(41)42)22-27-16-17-31(43-5)32(23-27)44-6/h16-17,23-24,29-30H,9-15,18-22H2,1-8H3. The van der Waals surface area contributed by atoms with Gasteiger partial charge in [0.05, 0.1) is 53.1 Å². The zero-order valence-corrected chi connectivity index (χ0v) is 30.4. The summed E-state index contributed by atoms with van der Waals surface area (Å²) in [5.74, 6) is 1.69. The van der Waals surface area contributed by atoms with Crippen molar-refractivity contribution in [2.75, 3.05) is 41.7 Å². The third-order valence-electron chi connectivity index (χ3n) is 8.66. The first-order valence-corrected chi connectivity index (χ1v) is 17.1. The topological polar surface area (TPSA) is 149 Å². The van der Waals surface area contributed by atoms with Crippen LogP contribution >= 0.6 is 0 Å². The molecule has 0 saturated carbocycles. The van der Waals surface area contributed by atoms with Gasteiger partial charge in [-0.05, 0) is 55.9 Å². The highest BCUT2D eigenvalue weighted by Gasteiger charge is 2.41. The molecule has 0 saturated heterocycles. The van der Waals surface area contributed by atoms with Gasteiger partial charge in [0.2, 0.25) is 11.5 Å². The lowest BCUT2D eigenvalue weighted by Crippen LogP contribution is -2.40. The fraction of sp³-hybridized carbons (Fsp3) is 0.622. The molecule has 0 bridgehead atoms. The van der Waals surface area contributed by atoms with E-state index in [0.29, 0.717) is 65.3 Å². The number of hydrogen-bond acceptors (Lipinski definition) is 11. The van der Waals surface area contributed by atoms with Crippen LogP contribution in [0, 0.1) is 21.4 Å². The zero-order chi connectivity index (χ0) is 36.4. The first-order valence-electron chi connectivity index (χ1n) is 17.1. The average molecular weight is 687 g/mol. The minimum Gasteiger partial charge on any atom is -0.493 e. The Balaban J connectivity index is 2.64. The number of ether oxygens (including phenoxy) is 7. The van der Waals surface area contributed by atoms with Crippen LogP contribution < -0.4 is 28.4 Å². The number of nitriles is 1. The van der Waals surface area contributed by atoms with E-state index in [2.05, 4.69) is 19.9 Å². The minimum atomic E-state index is -1.30. The van der Waals surface area contributed by atoms with Gasteiger partial charge in [-0.2, -0.15) is 5.26 Å². The van der Waals surface area contributed by atoms with Gasteiger partial charge in [0.25, 0.3) is 6.04 Å². The molecule has 49 heavy (non-hydrogen) atoms. The largest absolute Gasteiger partial charge is 0.493 e. The highest BCUT2D eigenvalue weighted by atomic mass is 16.6. The van der Waals surface area contributed by atoms with Gasteiger partial charge in [-0.3, -0.25) is 14.9 Å². The molecule has 12 heteroatoms. The number of carbonyl (C=O) groups is 1. The summed E-state index contributed by atoms with van der Waals surface area (Å²) >= 11 is 0. The second kappa shape index (κ2) is 20.9. The number of benzene rings is 2. The number of nitrogens with zero attached hydrogens (tertiary/aromatic N) is 2. The first kappa shape index (κ1) is 40.8. The van der Waals surface area contributed by atoms with Gasteiger partial charge in [0, 0.05) is 23.8 Å². The first-order chi connectivity index (χ1) is 23.6. The molecular weight excluding hydrogens is 632 g/mol. The van der Waals surface area contributed by atoms with Crippen LogP contribution in [0.5, 0.6) is 34.5 Å². The SMILES string of the molecule is CCCCCOc1cc(C(C#N)(CC)CCC(OC(C)=O)C(Cc2ccc(OC)c(OC)c2)[N+](=O)[O-])c(OCCCCC)c(OC)c1OC. The number of rotatable bonds is 24. The second-order valence-corrected chi connectivity index (χ2v) is 11.9. The summed E-state index contributed by atoms with van der Waals surface area (Å²) in [6.07, 6.45) is 4.86. The van der Waals surface area contributed by atoms with E-state index in [1.54, 1.807) is 24.3 Å². The normalized spacial score (nSPS) is 13.3. The molecule has 12 nitrogen and oxygen atoms in total. The molecule has 0 amide bonds. The van der Waals surface area contributed by atoms with Gasteiger partial charge in [0.15, 0.2) is 29.1 Å². The molecule has 0 N–H and O–H groups in total. The Hall–Kier alpha value is -4.40. The Morgan fingerprint density at radius 3 is 2.00 bits per heavy atom. The second-order valence-electron chi connectivity index (χ2n) is 11.9. The van der Waals surface area contributed by atoms with E-state index in [1.165, 1.54) is 35.4 Å². The van der Waals surface area contributed by atoms with Crippen LogP contribution in [-0.4, -0.2) is 64.7 Å². The number of methoxy groups -OCH3 is 4. The smallest absolute Gasteiger partial charge is 0.303 e. The van der Waals surface area contributed by atoms with E-state index < -0.39 is 28.5 Å². The Bertz CT molecular complexity index is 1390. The van der Waals surface area contributed by atoms with Gasteiger partial charge in [0.1, 0.15) is 0 Å². The summed E-state index contributed by atoms with van der Waals surface area (Å²) in [7, 11) is 6.02. The molecule has 2 aromatic carbocycles. The molecular formula is C37H54N2O10. The predicted molar refractivity (Wildman–Crippen MR) is 186 cm³/mol. The summed E-state index contributed by atoms with van der Waals surface area (Å²) in [6.45, 7) is 8.11. The number of esters is 1. The van der Waals surface area contributed by atoms with Crippen molar-refractivity contribution in [1.29, 1.82) is 5.26 Å². The van der Waals surface area contributed by atoms with Crippen molar-refractivity contribution in [1.82, 2.24) is 0 Å². The van der Waals surface area contributed by atoms with E-state index >= 15 is 0 Å². The van der Waals surface area contributed by atoms with Crippen molar-refractivity contribution in [2.45, 2.75) is 109 Å². The summed E-state index contributed by atoms with van der Waals surface area (Å²) in [4.78, 5) is 24.4. The van der Waals surface area contributed by atoms with Gasteiger partial charge in [-0.25, -0.2) is 0 Å². The van der Waals surface area contributed by atoms with Crippen LogP contribution in [-0.2, 0) is 21.4 Å². The molecule has 0 radical (unpaired) electrons. The molecule has 0 aliphatic heterocycles. The lowest BCUT2D eigenvalue weighted by atomic mass is 9.74. The Morgan fingerprint density at radius 1 is 0.857 bits per heavy atom. The molecule has 3 unspecified atom stereocenters. The Labute approximate surface area is 291 Å². The highest BCUT2D eigenvalue weighted by Crippen LogP contribution is 2.52. The van der Waals surface area contributed by atoms with Crippen LogP contribution in [0.4, 0.5) is 0 Å². The highest BCUT2D eigenvalue weighted by molar-refractivity contribution is 5.66. The molecule has 0 aliphatic rings. The fourth-order valence-corrected chi connectivity index (χ4v) is 5.86. The molecule has 2 rings (SSSR count). The fourth-order valence-electron chi connectivity index (χ4n) is 5.86. The molecule has 0 spiro atoms. The van der Waals surface area contributed by atoms with E-state index in [0.717, 1.165) is 38.5 Å². The van der Waals surface area contributed by atoms with E-state index in [-0.39, 0.29) is 19.3 Å². The summed E-state index contributed by atoms with van der Waals surface area (Å²) in [5, 5.41) is 23.4. The molecule has 0 aliphatic carbocycles. The maximum absolute atomic E-state index is 12.5. The monoisotopic (exact) mass is 686 g/mol. The van der Waals surface area contributed by atoms with E-state index in [4.69, 9.17) is 33.2 Å². The lowest BCUT2D eigenvalue weighted by molar-refractivity contribution is -0.533. The summed E-state index contributed by atoms with van der Waals surface area (Å²) in [6, 6.07) is 8.01. The number of nitro groups is 1. The average Bonchev–Trinajstić information content (AvgIpc) is 3.10. The number of carbonyl (C=O) groups excluding carboxylic acids is 1. The third-order valence-corrected chi connectivity index (χ3v) is 8.66. The molecule has 0 heterocycles. The van der Waals surface area contributed by atoms with Crippen LogP contribution in [0.15, 0.2) is 24.3 Å². The van der Waals surface area contributed by atoms with Gasteiger partial charge in [-0.1, -0.05) is 52.5 Å². The van der Waals surface area contributed by atoms with E-state index in [1.807, 2.05) is 6.92 Å². The van der Waals surface area contributed by atoms with Gasteiger partial charge >= 0.3 is 5.97 Å². The van der Waals surface area contributed by atoms with Crippen molar-refractivity contribution in [3.8, 4) is 40.6 Å². The number of hydrogen-bond donors (Lipinski definition) is 0. The molecule has 0 aromatic heterocycles. The molecule has 0 fully saturated rings. The molecule has 272 valence electrons. The van der Waals surface area contributed by atoms with E-state index in [9.17, 15) is 20.2 Å². The van der Waals surface area contributed by atoms with Crippen LogP contribution in [0.3, 0.4) is 0 Å². The zero-order valence-electron chi connectivity index (χ0n) is 30.4. The van der Waals surface area contributed by atoms with Crippen molar-refractivity contribution < 1.29 is 42.9 Å². The predicted octanol–water partition coefficient (Wildman–Crippen LogP) is 7.63. The van der Waals surface area contributed by atoms with Gasteiger partial charge < -0.3 is 33.2 Å². The van der Waals surface area contributed by atoms with Crippen molar-refractivity contribution in [2.24, 2.45) is 0 Å². The number of unbranched alkanes of at least 4 members (excludes halogenated alkanes) is 4. The summed E-state index contributed by atoms with van der Waals surface area (Å²) in [5.41, 5.74) is -0.0911. The molecule has 3 atom stereocenters. The quantitative estimate of drug-likeness (QED) is 0.0464. The lowest BCUT2D eigenvalue weighted by Gasteiger charge is -2.32. The van der Waals surface area contributed by atoms with Crippen molar-refractivity contribution >= 4 is 5.97 Å². The maximum atomic E-state index is 12.5. The van der Waals surface area contributed by atoms with Gasteiger partial charge in [-0.15, -0.1) is 0 Å².